The van der Waals surface area contributed by atoms with Gasteiger partial charge in [-0.3, -0.25) is 4.79 Å². The second-order valence-electron chi connectivity index (χ2n) is 5.28. The van der Waals surface area contributed by atoms with E-state index in [1.165, 1.54) is 6.08 Å². The monoisotopic (exact) mass is 341 g/mol. The lowest BCUT2D eigenvalue weighted by Gasteiger charge is -2.10. The van der Waals surface area contributed by atoms with Crippen LogP contribution in [0.1, 0.15) is 18.9 Å². The number of nitrogens with one attached hydrogen (secondary N) is 1. The van der Waals surface area contributed by atoms with Gasteiger partial charge in [-0.15, -0.1) is 0 Å². The molecule has 0 atom stereocenters. The molecule has 2 rings (SSSR count). The summed E-state index contributed by atoms with van der Waals surface area (Å²) in [5.74, 6) is 1.70. The summed E-state index contributed by atoms with van der Waals surface area (Å²) in [5, 5.41) is 2.80. The summed E-state index contributed by atoms with van der Waals surface area (Å²) in [6.45, 7) is 2.69. The summed E-state index contributed by atoms with van der Waals surface area (Å²) < 4.78 is 16.1. The Bertz CT molecular complexity index is 740. The first-order valence-electron chi connectivity index (χ1n) is 8.10. The number of anilines is 1. The van der Waals surface area contributed by atoms with Gasteiger partial charge in [0.15, 0.2) is 0 Å². The van der Waals surface area contributed by atoms with Gasteiger partial charge in [0.25, 0.3) is 0 Å². The highest BCUT2D eigenvalue weighted by Crippen LogP contribution is 2.29. The minimum absolute atomic E-state index is 0.256. The standard InChI is InChI=1S/C20H23NO4/c1-4-13-25-18-8-6-5-7-15(18)9-12-20(22)21-17-11-10-16(23-2)14-19(17)24-3/h5-12,14H,4,13H2,1-3H3,(H,21,22)/b12-9+. The predicted octanol–water partition coefficient (Wildman–Crippen LogP) is 4.14. The van der Waals surface area contributed by atoms with Crippen LogP contribution in [0.25, 0.3) is 6.08 Å². The Kier molecular flexibility index (Phi) is 6.89. The Labute approximate surface area is 148 Å². The fraction of sp³-hybridized carbons (Fsp3) is 0.250. The highest BCUT2D eigenvalue weighted by Gasteiger charge is 2.07. The molecule has 0 saturated carbocycles. The van der Waals surface area contributed by atoms with Gasteiger partial charge in [0.05, 0.1) is 26.5 Å². The van der Waals surface area contributed by atoms with Crippen molar-refractivity contribution in [3.63, 3.8) is 0 Å². The normalized spacial score (nSPS) is 10.5. The van der Waals surface area contributed by atoms with Gasteiger partial charge >= 0.3 is 0 Å². The van der Waals surface area contributed by atoms with Crippen molar-refractivity contribution in [1.29, 1.82) is 0 Å². The van der Waals surface area contributed by atoms with Gasteiger partial charge in [-0.25, -0.2) is 0 Å². The molecule has 0 aliphatic carbocycles. The molecule has 5 nitrogen and oxygen atoms in total. The van der Waals surface area contributed by atoms with E-state index < -0.39 is 0 Å². The fourth-order valence-electron chi connectivity index (χ4n) is 2.20. The maximum Gasteiger partial charge on any atom is 0.248 e. The predicted molar refractivity (Wildman–Crippen MR) is 99.4 cm³/mol. The zero-order valence-corrected chi connectivity index (χ0v) is 14.7. The first-order valence-corrected chi connectivity index (χ1v) is 8.10. The first-order chi connectivity index (χ1) is 12.2. The molecule has 0 aliphatic rings. The van der Waals surface area contributed by atoms with E-state index in [2.05, 4.69) is 5.32 Å². The highest BCUT2D eigenvalue weighted by molar-refractivity contribution is 6.03. The third-order valence-electron chi connectivity index (χ3n) is 3.46. The molecule has 0 bridgehead atoms. The summed E-state index contributed by atoms with van der Waals surface area (Å²) in [4.78, 5) is 12.2. The number of carbonyl (C=O) groups excluding carboxylic acids is 1. The smallest absolute Gasteiger partial charge is 0.248 e. The molecular weight excluding hydrogens is 318 g/mol. The SMILES string of the molecule is CCCOc1ccccc1/C=C/C(=O)Nc1ccc(OC)cc1OC. The zero-order chi connectivity index (χ0) is 18.1. The molecule has 0 saturated heterocycles. The van der Waals surface area contributed by atoms with Crippen LogP contribution < -0.4 is 19.5 Å². The van der Waals surface area contributed by atoms with E-state index in [0.29, 0.717) is 23.8 Å². The van der Waals surface area contributed by atoms with E-state index in [1.54, 1.807) is 38.5 Å². The molecule has 0 aliphatic heterocycles. The molecule has 2 aromatic carbocycles. The van der Waals surface area contributed by atoms with Gasteiger partial charge in [-0.1, -0.05) is 25.1 Å². The van der Waals surface area contributed by atoms with Crippen LogP contribution in [0.15, 0.2) is 48.5 Å². The van der Waals surface area contributed by atoms with E-state index in [1.807, 2.05) is 31.2 Å². The topological polar surface area (TPSA) is 56.8 Å². The fourth-order valence-corrected chi connectivity index (χ4v) is 2.20. The van der Waals surface area contributed by atoms with Crippen LogP contribution in [0, 0.1) is 0 Å². The van der Waals surface area contributed by atoms with Gasteiger partial charge in [-0.2, -0.15) is 0 Å². The van der Waals surface area contributed by atoms with Crippen molar-refractivity contribution in [3.8, 4) is 17.2 Å². The molecule has 25 heavy (non-hydrogen) atoms. The number of para-hydroxylation sites is 1. The molecule has 0 unspecified atom stereocenters. The third kappa shape index (κ3) is 5.28. The molecule has 5 heteroatoms. The quantitative estimate of drug-likeness (QED) is 0.733. The maximum atomic E-state index is 12.2. The van der Waals surface area contributed by atoms with Crippen LogP contribution in [-0.4, -0.2) is 26.7 Å². The first kappa shape index (κ1) is 18.4. The molecule has 2 aromatic rings. The lowest BCUT2D eigenvalue weighted by atomic mass is 10.2. The van der Waals surface area contributed by atoms with E-state index in [9.17, 15) is 4.79 Å². The number of hydrogen-bond acceptors (Lipinski definition) is 4. The molecule has 1 amide bonds. The Morgan fingerprint density at radius 1 is 1.08 bits per heavy atom. The van der Waals surface area contributed by atoms with Crippen LogP contribution in [0.5, 0.6) is 17.2 Å². The summed E-state index contributed by atoms with van der Waals surface area (Å²) in [6, 6.07) is 12.8. The van der Waals surface area contributed by atoms with Crippen LogP contribution in [0.3, 0.4) is 0 Å². The van der Waals surface area contributed by atoms with E-state index in [0.717, 1.165) is 17.7 Å². The van der Waals surface area contributed by atoms with Crippen LogP contribution in [0.4, 0.5) is 5.69 Å². The molecular formula is C20H23NO4. The molecule has 0 aromatic heterocycles. The zero-order valence-electron chi connectivity index (χ0n) is 14.7. The van der Waals surface area contributed by atoms with Crippen LogP contribution >= 0.6 is 0 Å². The van der Waals surface area contributed by atoms with Gasteiger partial charge in [0, 0.05) is 17.7 Å². The number of amides is 1. The van der Waals surface area contributed by atoms with Crippen molar-refractivity contribution in [2.45, 2.75) is 13.3 Å². The minimum Gasteiger partial charge on any atom is -0.497 e. The molecule has 0 fully saturated rings. The number of ether oxygens (including phenoxy) is 3. The van der Waals surface area contributed by atoms with E-state index in [-0.39, 0.29) is 5.91 Å². The number of methoxy groups -OCH3 is 2. The Hall–Kier alpha value is -2.95. The van der Waals surface area contributed by atoms with Crippen molar-refractivity contribution in [3.05, 3.63) is 54.1 Å². The largest absolute Gasteiger partial charge is 0.497 e. The Morgan fingerprint density at radius 2 is 1.88 bits per heavy atom. The van der Waals surface area contributed by atoms with E-state index >= 15 is 0 Å². The second-order valence-corrected chi connectivity index (χ2v) is 5.28. The number of benzene rings is 2. The number of rotatable bonds is 8. The average molecular weight is 341 g/mol. The highest BCUT2D eigenvalue weighted by atomic mass is 16.5. The maximum absolute atomic E-state index is 12.2. The lowest BCUT2D eigenvalue weighted by molar-refractivity contribution is -0.111. The van der Waals surface area contributed by atoms with Crippen molar-refractivity contribution < 1.29 is 19.0 Å². The summed E-state index contributed by atoms with van der Waals surface area (Å²) in [5.41, 5.74) is 1.43. The van der Waals surface area contributed by atoms with Crippen LogP contribution in [-0.2, 0) is 4.79 Å². The molecule has 1 N–H and O–H groups in total. The molecule has 0 heterocycles. The summed E-state index contributed by atoms with van der Waals surface area (Å²) >= 11 is 0. The van der Waals surface area contributed by atoms with Crippen molar-refractivity contribution in [2.24, 2.45) is 0 Å². The molecule has 0 radical (unpaired) electrons. The van der Waals surface area contributed by atoms with Gasteiger partial charge < -0.3 is 19.5 Å². The van der Waals surface area contributed by atoms with E-state index in [4.69, 9.17) is 14.2 Å². The number of hydrogen-bond donors (Lipinski definition) is 1. The molecule has 132 valence electrons. The van der Waals surface area contributed by atoms with Crippen LogP contribution in [0.2, 0.25) is 0 Å². The average Bonchev–Trinajstić information content (AvgIpc) is 2.65. The Balaban J connectivity index is 2.09. The van der Waals surface area contributed by atoms with Gasteiger partial charge in [0.2, 0.25) is 5.91 Å². The summed E-state index contributed by atoms with van der Waals surface area (Å²) in [6.07, 6.45) is 4.13. The third-order valence-corrected chi connectivity index (χ3v) is 3.46. The Morgan fingerprint density at radius 3 is 2.60 bits per heavy atom. The van der Waals surface area contributed by atoms with Gasteiger partial charge in [-0.05, 0) is 30.7 Å². The van der Waals surface area contributed by atoms with Gasteiger partial charge in [0.1, 0.15) is 17.2 Å². The lowest BCUT2D eigenvalue weighted by Crippen LogP contribution is -2.09. The van der Waals surface area contributed by atoms with Crippen molar-refractivity contribution in [2.75, 3.05) is 26.1 Å². The molecule has 0 spiro atoms. The summed E-state index contributed by atoms with van der Waals surface area (Å²) in [7, 11) is 3.12. The van der Waals surface area contributed by atoms with Crippen molar-refractivity contribution in [1.82, 2.24) is 0 Å². The van der Waals surface area contributed by atoms with Crippen molar-refractivity contribution >= 4 is 17.7 Å². The minimum atomic E-state index is -0.256. The number of carbonyl (C=O) groups is 1. The second kappa shape index (κ2) is 9.37.